The number of pyridine rings is 1. The molecule has 0 saturated carbocycles. The van der Waals surface area contributed by atoms with Crippen LogP contribution in [0.15, 0.2) is 48.3 Å². The average Bonchev–Trinajstić information content (AvgIpc) is 2.59. The number of aromatic nitrogens is 1. The molecular formula is C18H15ClN2O3. The number of rotatable bonds is 5. The largest absolute Gasteiger partial charge is 0.495 e. The van der Waals surface area contributed by atoms with Gasteiger partial charge in [0.25, 0.3) is 0 Å². The van der Waals surface area contributed by atoms with Crippen LogP contribution in [0.2, 0.25) is 5.02 Å². The molecule has 1 aromatic heterocycles. The Morgan fingerprint density at radius 1 is 1.25 bits per heavy atom. The van der Waals surface area contributed by atoms with E-state index in [9.17, 15) is 9.59 Å². The van der Waals surface area contributed by atoms with Crippen molar-refractivity contribution in [2.45, 2.75) is 6.42 Å². The molecule has 1 aromatic carbocycles. The third-order valence-electron chi connectivity index (χ3n) is 3.75. The van der Waals surface area contributed by atoms with Crippen molar-refractivity contribution in [1.29, 1.82) is 0 Å². The van der Waals surface area contributed by atoms with Crippen molar-refractivity contribution in [2.75, 3.05) is 13.7 Å². The Bertz CT molecular complexity index is 846. The molecule has 1 aliphatic rings. The quantitative estimate of drug-likeness (QED) is 0.905. The number of nitrogens with zero attached hydrogens (tertiary/aromatic N) is 1. The van der Waals surface area contributed by atoms with E-state index in [-0.39, 0.29) is 23.0 Å². The monoisotopic (exact) mass is 342 g/mol. The van der Waals surface area contributed by atoms with E-state index >= 15 is 0 Å². The third-order valence-corrected chi connectivity index (χ3v) is 4.05. The van der Waals surface area contributed by atoms with Crippen molar-refractivity contribution >= 4 is 23.2 Å². The summed E-state index contributed by atoms with van der Waals surface area (Å²) in [6.45, 7) is 0.496. The Morgan fingerprint density at radius 2 is 2.08 bits per heavy atom. The molecular weight excluding hydrogens is 328 g/mol. The molecule has 122 valence electrons. The van der Waals surface area contributed by atoms with E-state index in [1.807, 2.05) is 12.1 Å². The maximum absolute atomic E-state index is 12.4. The van der Waals surface area contributed by atoms with Crippen molar-refractivity contribution in [2.24, 2.45) is 0 Å². The zero-order chi connectivity index (χ0) is 17.1. The van der Waals surface area contributed by atoms with Crippen LogP contribution in [0.3, 0.4) is 0 Å². The van der Waals surface area contributed by atoms with Crippen LogP contribution in [-0.2, 0) is 6.42 Å². The number of carbonyl (C=O) groups excluding carboxylic acids is 2. The average molecular weight is 343 g/mol. The topological polar surface area (TPSA) is 68.3 Å². The number of nitrogens with one attached hydrogen (secondary N) is 1. The van der Waals surface area contributed by atoms with Crippen LogP contribution in [0.5, 0.6) is 5.75 Å². The van der Waals surface area contributed by atoms with Crippen molar-refractivity contribution in [3.05, 3.63) is 70.1 Å². The summed E-state index contributed by atoms with van der Waals surface area (Å²) in [4.78, 5) is 28.4. The van der Waals surface area contributed by atoms with Gasteiger partial charge in [-0.25, -0.2) is 0 Å². The van der Waals surface area contributed by atoms with Gasteiger partial charge in [0.15, 0.2) is 5.78 Å². The highest BCUT2D eigenvalue weighted by atomic mass is 35.5. The number of allylic oxidation sites excluding steroid dienone is 2. The Hall–Kier alpha value is -2.66. The molecule has 0 amide bonds. The summed E-state index contributed by atoms with van der Waals surface area (Å²) in [7, 11) is 1.56. The highest BCUT2D eigenvalue weighted by Crippen LogP contribution is 2.25. The second kappa shape index (κ2) is 6.84. The van der Waals surface area contributed by atoms with E-state index in [1.54, 1.807) is 25.3 Å². The lowest BCUT2D eigenvalue weighted by molar-refractivity contribution is 0.0974. The molecule has 0 atom stereocenters. The van der Waals surface area contributed by atoms with Crippen molar-refractivity contribution in [1.82, 2.24) is 10.3 Å². The van der Waals surface area contributed by atoms with Gasteiger partial charge in [-0.1, -0.05) is 17.7 Å². The number of Topliss-reactive ketones (excluding diaryl/α,β-unsaturated/α-hetero) is 1. The zero-order valence-corrected chi connectivity index (χ0v) is 13.8. The van der Waals surface area contributed by atoms with Crippen LogP contribution in [0.1, 0.15) is 26.4 Å². The van der Waals surface area contributed by atoms with Crippen LogP contribution in [0, 0.1) is 0 Å². The molecule has 1 aliphatic carbocycles. The summed E-state index contributed by atoms with van der Waals surface area (Å²) in [6, 6.07) is 8.78. The molecule has 3 rings (SSSR count). The van der Waals surface area contributed by atoms with Gasteiger partial charge in [-0.15, -0.1) is 0 Å². The molecule has 0 spiro atoms. The fourth-order valence-corrected chi connectivity index (χ4v) is 2.81. The first-order valence-electron chi connectivity index (χ1n) is 7.42. The normalized spacial score (nSPS) is 13.3. The lowest BCUT2D eigenvalue weighted by Gasteiger charge is -2.15. The Morgan fingerprint density at radius 3 is 2.83 bits per heavy atom. The predicted octanol–water partition coefficient (Wildman–Crippen LogP) is 2.84. The molecule has 0 bridgehead atoms. The first-order valence-corrected chi connectivity index (χ1v) is 7.80. The van der Waals surface area contributed by atoms with E-state index < -0.39 is 0 Å². The molecule has 0 aliphatic heterocycles. The van der Waals surface area contributed by atoms with Crippen LogP contribution >= 0.6 is 11.6 Å². The number of benzene rings is 1. The minimum Gasteiger partial charge on any atom is -0.495 e. The predicted molar refractivity (Wildman–Crippen MR) is 90.7 cm³/mol. The van der Waals surface area contributed by atoms with Gasteiger partial charge in [0.2, 0.25) is 5.78 Å². The summed E-state index contributed by atoms with van der Waals surface area (Å²) < 4.78 is 5.11. The SMILES string of the molecule is COc1ccc(CCNC2=CC(=O)c3cccnc3C2=O)cc1Cl. The summed E-state index contributed by atoms with van der Waals surface area (Å²) in [5.41, 5.74) is 1.81. The lowest BCUT2D eigenvalue weighted by Crippen LogP contribution is -2.29. The molecule has 5 nitrogen and oxygen atoms in total. The number of hydrogen-bond donors (Lipinski definition) is 1. The lowest BCUT2D eigenvalue weighted by atomic mass is 9.97. The Kier molecular flexibility index (Phi) is 4.62. The van der Waals surface area contributed by atoms with Crippen molar-refractivity contribution < 1.29 is 14.3 Å². The highest BCUT2D eigenvalue weighted by Gasteiger charge is 2.26. The number of ketones is 2. The van der Waals surface area contributed by atoms with Gasteiger partial charge in [-0.2, -0.15) is 0 Å². The maximum Gasteiger partial charge on any atom is 0.228 e. The fourth-order valence-electron chi connectivity index (χ4n) is 2.53. The second-order valence-corrected chi connectivity index (χ2v) is 5.70. The van der Waals surface area contributed by atoms with E-state index in [4.69, 9.17) is 16.3 Å². The molecule has 0 saturated heterocycles. The zero-order valence-electron chi connectivity index (χ0n) is 13.0. The van der Waals surface area contributed by atoms with Crippen molar-refractivity contribution in [3.8, 4) is 5.75 Å². The summed E-state index contributed by atoms with van der Waals surface area (Å²) in [5, 5.41) is 3.55. The summed E-state index contributed by atoms with van der Waals surface area (Å²) >= 11 is 6.09. The number of hydrogen-bond acceptors (Lipinski definition) is 5. The van der Waals surface area contributed by atoms with Gasteiger partial charge in [0.1, 0.15) is 11.4 Å². The molecule has 1 N–H and O–H groups in total. The minimum atomic E-state index is -0.266. The van der Waals surface area contributed by atoms with Crippen LogP contribution in [-0.4, -0.2) is 30.2 Å². The van der Waals surface area contributed by atoms with Gasteiger partial charge in [-0.3, -0.25) is 14.6 Å². The number of carbonyl (C=O) groups is 2. The van der Waals surface area contributed by atoms with Crippen molar-refractivity contribution in [3.63, 3.8) is 0 Å². The molecule has 1 heterocycles. The first-order chi connectivity index (χ1) is 11.6. The highest BCUT2D eigenvalue weighted by molar-refractivity contribution is 6.32. The summed E-state index contributed by atoms with van der Waals surface area (Å²) in [5.74, 6) is 0.137. The summed E-state index contributed by atoms with van der Waals surface area (Å²) in [6.07, 6.45) is 3.48. The smallest absolute Gasteiger partial charge is 0.228 e. The number of halogens is 1. The molecule has 6 heteroatoms. The fraction of sp³-hybridized carbons (Fsp3) is 0.167. The second-order valence-electron chi connectivity index (χ2n) is 5.30. The van der Waals surface area contributed by atoms with Gasteiger partial charge >= 0.3 is 0 Å². The molecule has 0 radical (unpaired) electrons. The number of methoxy groups -OCH3 is 1. The third kappa shape index (κ3) is 3.16. The van der Waals surface area contributed by atoms with Gasteiger partial charge in [0, 0.05) is 18.8 Å². The Balaban J connectivity index is 1.66. The van der Waals surface area contributed by atoms with Gasteiger partial charge < -0.3 is 10.1 Å². The van der Waals surface area contributed by atoms with Crippen LogP contribution < -0.4 is 10.1 Å². The van der Waals surface area contributed by atoms with E-state index in [0.29, 0.717) is 29.3 Å². The van der Waals surface area contributed by atoms with E-state index in [0.717, 1.165) is 5.56 Å². The molecule has 2 aromatic rings. The molecule has 24 heavy (non-hydrogen) atoms. The standard InChI is InChI=1S/C18H15ClN2O3/c1-24-16-5-4-11(9-13(16)19)6-8-20-14-10-15(22)12-3-2-7-21-17(12)18(14)23/h2-5,7,9-10,20H,6,8H2,1H3. The first kappa shape index (κ1) is 16.2. The molecule has 0 fully saturated rings. The Labute approximate surface area is 144 Å². The van der Waals surface area contributed by atoms with Crippen LogP contribution in [0.4, 0.5) is 0 Å². The maximum atomic E-state index is 12.4. The van der Waals surface area contributed by atoms with Gasteiger partial charge in [-0.05, 0) is 36.2 Å². The number of ether oxygens (including phenoxy) is 1. The number of fused-ring (bicyclic) bond motifs is 1. The van der Waals surface area contributed by atoms with E-state index in [1.165, 1.54) is 12.3 Å². The van der Waals surface area contributed by atoms with Gasteiger partial charge in [0.05, 0.1) is 23.4 Å². The van der Waals surface area contributed by atoms with Crippen LogP contribution in [0.25, 0.3) is 0 Å². The molecule has 0 unspecified atom stereocenters. The minimum absolute atomic E-state index is 0.194. The van der Waals surface area contributed by atoms with E-state index in [2.05, 4.69) is 10.3 Å².